The monoisotopic (exact) mass is 450 g/mol. The lowest BCUT2D eigenvalue weighted by molar-refractivity contribution is -0.231. The van der Waals surface area contributed by atoms with Crippen LogP contribution in [0.4, 0.5) is 0 Å². The summed E-state index contributed by atoms with van der Waals surface area (Å²) in [7, 11) is 0. The zero-order chi connectivity index (χ0) is 22.0. The van der Waals surface area contributed by atoms with Crippen molar-refractivity contribution < 1.29 is 34.6 Å². The molecule has 2 aromatic rings. The average Bonchev–Trinajstić information content (AvgIpc) is 3.28. The lowest BCUT2D eigenvalue weighted by Gasteiger charge is -2.40. The summed E-state index contributed by atoms with van der Waals surface area (Å²) < 4.78 is 16.9. The minimum Gasteiger partial charge on any atom is -0.488 e. The number of rotatable bonds is 6. The van der Waals surface area contributed by atoms with Crippen LogP contribution in [0, 0.1) is 0 Å². The van der Waals surface area contributed by atoms with Gasteiger partial charge in [-0.15, -0.1) is 0 Å². The van der Waals surface area contributed by atoms with Crippen LogP contribution >= 0.6 is 11.6 Å². The number of hydrogen-bond acceptors (Lipinski definition) is 7. The maximum absolute atomic E-state index is 10.4. The van der Waals surface area contributed by atoms with Crippen molar-refractivity contribution in [1.29, 1.82) is 0 Å². The Morgan fingerprint density at radius 3 is 2.45 bits per heavy atom. The van der Waals surface area contributed by atoms with E-state index in [1.165, 1.54) is 0 Å². The Morgan fingerprint density at radius 2 is 1.77 bits per heavy atom. The van der Waals surface area contributed by atoms with Crippen molar-refractivity contribution in [3.05, 3.63) is 64.2 Å². The van der Waals surface area contributed by atoms with Gasteiger partial charge < -0.3 is 34.6 Å². The predicted octanol–water partition coefficient (Wildman–Crippen LogP) is 1.61. The maximum Gasteiger partial charge on any atom is 0.124 e. The molecule has 6 atom stereocenters. The largest absolute Gasteiger partial charge is 0.488 e. The summed E-state index contributed by atoms with van der Waals surface area (Å²) in [6, 6.07) is 13.0. The van der Waals surface area contributed by atoms with E-state index in [1.807, 2.05) is 30.3 Å². The third-order valence-corrected chi connectivity index (χ3v) is 6.17. The van der Waals surface area contributed by atoms with E-state index in [9.17, 15) is 20.4 Å². The molecule has 168 valence electrons. The lowest BCUT2D eigenvalue weighted by Crippen LogP contribution is -2.55. The molecule has 2 aliphatic heterocycles. The highest BCUT2D eigenvalue weighted by Crippen LogP contribution is 2.34. The van der Waals surface area contributed by atoms with Crippen LogP contribution in [-0.2, 0) is 15.9 Å². The summed E-state index contributed by atoms with van der Waals surface area (Å²) in [5.74, 6) is 0.792. The number of hydrogen-bond donors (Lipinski definition) is 4. The fourth-order valence-electron chi connectivity index (χ4n) is 3.99. The van der Waals surface area contributed by atoms with Crippen molar-refractivity contribution in [2.45, 2.75) is 49.5 Å². The molecule has 0 bridgehead atoms. The summed E-state index contributed by atoms with van der Waals surface area (Å²) in [5, 5.41) is 40.5. The molecule has 0 saturated carbocycles. The molecule has 2 heterocycles. The van der Waals surface area contributed by atoms with Gasteiger partial charge in [0.05, 0.1) is 19.8 Å². The Labute approximate surface area is 185 Å². The van der Waals surface area contributed by atoms with E-state index in [-0.39, 0.29) is 6.10 Å². The summed E-state index contributed by atoms with van der Waals surface area (Å²) in [6.45, 7) is 0.872. The first-order valence-electron chi connectivity index (χ1n) is 10.4. The third-order valence-electron chi connectivity index (χ3n) is 5.80. The Morgan fingerprint density at radius 1 is 1.00 bits per heavy atom. The van der Waals surface area contributed by atoms with Crippen LogP contribution in [0.3, 0.4) is 0 Å². The van der Waals surface area contributed by atoms with Crippen LogP contribution in [0.5, 0.6) is 5.75 Å². The smallest absolute Gasteiger partial charge is 0.124 e. The summed E-state index contributed by atoms with van der Waals surface area (Å²) in [4.78, 5) is 0. The molecule has 0 radical (unpaired) electrons. The van der Waals surface area contributed by atoms with E-state index in [0.29, 0.717) is 23.6 Å². The van der Waals surface area contributed by atoms with E-state index in [1.54, 1.807) is 12.1 Å². The van der Waals surface area contributed by atoms with Crippen molar-refractivity contribution >= 4 is 11.6 Å². The highest BCUT2D eigenvalue weighted by molar-refractivity contribution is 6.31. The number of benzene rings is 2. The topological polar surface area (TPSA) is 109 Å². The molecule has 2 saturated heterocycles. The molecule has 4 unspecified atom stereocenters. The molecule has 0 spiro atoms. The average molecular weight is 451 g/mol. The molecule has 31 heavy (non-hydrogen) atoms. The second-order valence-corrected chi connectivity index (χ2v) is 8.43. The molecule has 8 heteroatoms. The number of ether oxygens (including phenoxy) is 3. The van der Waals surface area contributed by atoms with Gasteiger partial charge >= 0.3 is 0 Å². The van der Waals surface area contributed by atoms with Gasteiger partial charge in [0.2, 0.25) is 0 Å². The van der Waals surface area contributed by atoms with E-state index in [2.05, 4.69) is 0 Å². The second-order valence-electron chi connectivity index (χ2n) is 8.02. The van der Waals surface area contributed by atoms with E-state index < -0.39 is 37.1 Å². The molecule has 7 nitrogen and oxygen atoms in total. The maximum atomic E-state index is 10.4. The van der Waals surface area contributed by atoms with Crippen LogP contribution < -0.4 is 4.74 Å². The van der Waals surface area contributed by atoms with Crippen LogP contribution in [0.25, 0.3) is 0 Å². The highest BCUT2D eigenvalue weighted by atomic mass is 35.5. The van der Waals surface area contributed by atoms with Crippen molar-refractivity contribution in [1.82, 2.24) is 0 Å². The second kappa shape index (κ2) is 9.83. The molecule has 0 aromatic heterocycles. The molecule has 4 rings (SSSR count). The van der Waals surface area contributed by atoms with Gasteiger partial charge in [-0.25, -0.2) is 0 Å². The van der Waals surface area contributed by atoms with Crippen LogP contribution in [0.2, 0.25) is 5.02 Å². The fraction of sp³-hybridized carbons (Fsp3) is 0.478. The van der Waals surface area contributed by atoms with Gasteiger partial charge in [-0.2, -0.15) is 0 Å². The Hall–Kier alpha value is -1.71. The Balaban J connectivity index is 1.49. The van der Waals surface area contributed by atoms with Crippen molar-refractivity contribution in [3.63, 3.8) is 0 Å². The number of halogens is 1. The first-order chi connectivity index (χ1) is 15.0. The summed E-state index contributed by atoms with van der Waals surface area (Å²) in [6.07, 6.45) is -4.46. The van der Waals surface area contributed by atoms with Gasteiger partial charge in [0.15, 0.2) is 0 Å². The van der Waals surface area contributed by atoms with E-state index in [4.69, 9.17) is 25.8 Å². The molecule has 2 aromatic carbocycles. The molecular weight excluding hydrogens is 424 g/mol. The standard InChI is InChI=1S/C23H27ClO7/c24-18-6-3-14(23-22(28)21(27)20(26)19(11-25)31-23)10-15(18)9-13-1-4-16(5-2-13)30-17-7-8-29-12-17/h1-6,10,17,19-23,25-28H,7-9,11-12H2/t17-,19?,20?,21?,22?,23-/m0/s1. The number of aliphatic hydroxyl groups is 4. The molecule has 2 aliphatic rings. The van der Waals surface area contributed by atoms with Gasteiger partial charge in [0.25, 0.3) is 0 Å². The van der Waals surface area contributed by atoms with Crippen molar-refractivity contribution in [3.8, 4) is 5.75 Å². The zero-order valence-corrected chi connectivity index (χ0v) is 17.7. The lowest BCUT2D eigenvalue weighted by atomic mass is 9.90. The van der Waals surface area contributed by atoms with Crippen LogP contribution in [-0.4, -0.2) is 70.8 Å². The van der Waals surface area contributed by atoms with Crippen LogP contribution in [0.15, 0.2) is 42.5 Å². The van der Waals surface area contributed by atoms with Crippen molar-refractivity contribution in [2.24, 2.45) is 0 Å². The quantitative estimate of drug-likeness (QED) is 0.529. The molecule has 4 N–H and O–H groups in total. The van der Waals surface area contributed by atoms with Crippen LogP contribution in [0.1, 0.15) is 29.2 Å². The summed E-state index contributed by atoms with van der Waals surface area (Å²) >= 11 is 6.40. The van der Waals surface area contributed by atoms with Gasteiger partial charge in [0, 0.05) is 11.4 Å². The van der Waals surface area contributed by atoms with E-state index >= 15 is 0 Å². The SMILES string of the molecule is OCC1O[C@@H](c2ccc(Cl)c(Cc3ccc(O[C@H]4CCOC4)cc3)c2)C(O)C(O)C1O. The van der Waals surface area contributed by atoms with Gasteiger partial charge in [-0.3, -0.25) is 0 Å². The highest BCUT2D eigenvalue weighted by Gasteiger charge is 2.44. The molecule has 2 fully saturated rings. The van der Waals surface area contributed by atoms with Gasteiger partial charge in [-0.05, 0) is 41.3 Å². The predicted molar refractivity (Wildman–Crippen MR) is 113 cm³/mol. The molecule has 0 aliphatic carbocycles. The van der Waals surface area contributed by atoms with Gasteiger partial charge in [-0.1, -0.05) is 35.9 Å². The third kappa shape index (κ3) is 5.04. The fourth-order valence-corrected chi connectivity index (χ4v) is 4.17. The normalized spacial score (nSPS) is 31.0. The van der Waals surface area contributed by atoms with Crippen molar-refractivity contribution in [2.75, 3.05) is 19.8 Å². The molecule has 0 amide bonds. The Bertz CT molecular complexity index is 867. The number of aliphatic hydroxyl groups excluding tert-OH is 4. The summed E-state index contributed by atoms with van der Waals surface area (Å²) in [5.41, 5.74) is 2.47. The first kappa shape index (κ1) is 22.5. The minimum atomic E-state index is -1.42. The Kier molecular flexibility index (Phi) is 7.13. The zero-order valence-electron chi connectivity index (χ0n) is 16.9. The first-order valence-corrected chi connectivity index (χ1v) is 10.8. The van der Waals surface area contributed by atoms with Gasteiger partial charge in [0.1, 0.15) is 42.4 Å². The van der Waals surface area contributed by atoms with E-state index in [0.717, 1.165) is 29.9 Å². The minimum absolute atomic E-state index is 0.0931. The molecular formula is C23H27ClO7.